The lowest BCUT2D eigenvalue weighted by Gasteiger charge is -2.00. The van der Waals surface area contributed by atoms with Gasteiger partial charge in [0.1, 0.15) is 0 Å². The fraction of sp³-hybridized carbons (Fsp3) is 0.600. The van der Waals surface area contributed by atoms with E-state index in [0.29, 0.717) is 25.7 Å². The average molecular weight is 344 g/mol. The van der Waals surface area contributed by atoms with E-state index >= 15 is 0 Å². The molecule has 0 saturated carbocycles. The van der Waals surface area contributed by atoms with Gasteiger partial charge in [-0.25, -0.2) is 0 Å². The smallest absolute Gasteiger partial charge is 0.359 e. The number of unbranched alkanes of at least 4 members (excludes halogenated alkanes) is 3. The van der Waals surface area contributed by atoms with Gasteiger partial charge in [0.25, 0.3) is 0 Å². The Labute approximate surface area is 132 Å². The second kappa shape index (κ2) is 7.30. The first-order valence-electron chi connectivity index (χ1n) is 6.87. The van der Waals surface area contributed by atoms with Crippen molar-refractivity contribution < 1.29 is 28.9 Å². The molecule has 14 heteroatoms. The van der Waals surface area contributed by atoms with Gasteiger partial charge in [0.15, 0.2) is 0 Å². The highest BCUT2D eigenvalue weighted by Gasteiger charge is 2.25. The van der Waals surface area contributed by atoms with Crippen molar-refractivity contribution in [3.05, 3.63) is 42.0 Å². The predicted octanol–water partition coefficient (Wildman–Crippen LogP) is 0.0914. The first-order chi connectivity index (χ1) is 11.4. The molecule has 0 aliphatic heterocycles. The van der Waals surface area contributed by atoms with E-state index in [1.54, 1.807) is 0 Å². The molecule has 2 rings (SSSR count). The molecule has 0 aromatic carbocycles. The molecule has 2 aromatic heterocycles. The normalized spacial score (nSPS) is 10.8. The summed E-state index contributed by atoms with van der Waals surface area (Å²) in [6, 6.07) is 0. The molecule has 0 unspecified atom stereocenters. The van der Waals surface area contributed by atoms with E-state index in [4.69, 9.17) is 0 Å². The molecule has 0 bridgehead atoms. The van der Waals surface area contributed by atoms with Crippen LogP contribution in [0.4, 0.5) is 11.6 Å². The highest BCUT2D eigenvalue weighted by molar-refractivity contribution is 5.19. The molecular formula is C10H12N6O8. The summed E-state index contributed by atoms with van der Waals surface area (Å²) in [5.74, 6) is -1.23. The van der Waals surface area contributed by atoms with Crippen LogP contribution in [0.3, 0.4) is 0 Å². The zero-order valence-electron chi connectivity index (χ0n) is 12.2. The largest absolute Gasteiger partial charge is 0.435 e. The lowest BCUT2D eigenvalue weighted by molar-refractivity contribution is -0.808. The van der Waals surface area contributed by atoms with Gasteiger partial charge in [-0.05, 0) is 32.5 Å². The van der Waals surface area contributed by atoms with Crippen LogP contribution in [-0.4, -0.2) is 20.2 Å². The van der Waals surface area contributed by atoms with Gasteiger partial charge in [0.05, 0.1) is 10.3 Å². The van der Waals surface area contributed by atoms with Gasteiger partial charge in [-0.2, -0.15) is 0 Å². The Bertz CT molecular complexity index is 678. The van der Waals surface area contributed by atoms with Gasteiger partial charge in [-0.3, -0.25) is 9.26 Å². The summed E-state index contributed by atoms with van der Waals surface area (Å²) in [6.07, 6.45) is 2.29. The van der Waals surface area contributed by atoms with E-state index in [1.807, 2.05) is 0 Å². The third-order valence-electron chi connectivity index (χ3n) is 3.28. The Balaban J connectivity index is 1.77. The molecule has 0 aliphatic carbocycles. The summed E-state index contributed by atoms with van der Waals surface area (Å²) < 4.78 is 8.37. The van der Waals surface area contributed by atoms with Crippen molar-refractivity contribution in [1.29, 1.82) is 0 Å². The van der Waals surface area contributed by atoms with Gasteiger partial charge < -0.3 is 30.6 Å². The summed E-state index contributed by atoms with van der Waals surface area (Å²) in [4.78, 5) is 19.7. The first-order valence-corrected chi connectivity index (χ1v) is 6.87. The maximum Gasteiger partial charge on any atom is 0.435 e. The molecule has 0 saturated heterocycles. The minimum absolute atomic E-state index is 0.00101. The summed E-state index contributed by atoms with van der Waals surface area (Å²) in [7, 11) is 0. The quantitative estimate of drug-likeness (QED) is 0.260. The third-order valence-corrected chi connectivity index (χ3v) is 3.28. The highest BCUT2D eigenvalue weighted by Crippen LogP contribution is 2.17. The molecule has 0 fully saturated rings. The van der Waals surface area contributed by atoms with Crippen molar-refractivity contribution in [2.75, 3.05) is 0 Å². The lowest BCUT2D eigenvalue weighted by atomic mass is 10.1. The van der Waals surface area contributed by atoms with Crippen molar-refractivity contribution in [3.63, 3.8) is 0 Å². The molecular weight excluding hydrogens is 332 g/mol. The second-order valence-electron chi connectivity index (χ2n) is 4.83. The van der Waals surface area contributed by atoms with Crippen LogP contribution in [0.1, 0.15) is 37.1 Å². The minimum Gasteiger partial charge on any atom is -0.359 e. The zero-order chi connectivity index (χ0) is 17.7. The van der Waals surface area contributed by atoms with E-state index in [2.05, 4.69) is 19.6 Å². The van der Waals surface area contributed by atoms with Crippen LogP contribution in [-0.2, 0) is 12.8 Å². The molecule has 2 heterocycles. The molecule has 0 aliphatic rings. The van der Waals surface area contributed by atoms with Crippen LogP contribution in [0.25, 0.3) is 0 Å². The number of nitrogens with zero attached hydrogens (tertiary/aromatic N) is 6. The maximum absolute atomic E-state index is 11.2. The first kappa shape index (κ1) is 17.0. The summed E-state index contributed by atoms with van der Waals surface area (Å²) >= 11 is 0. The maximum atomic E-state index is 11.2. The van der Waals surface area contributed by atoms with Gasteiger partial charge in [0.2, 0.25) is 11.4 Å². The van der Waals surface area contributed by atoms with Gasteiger partial charge in [-0.1, -0.05) is 12.8 Å². The lowest BCUT2D eigenvalue weighted by Crippen LogP contribution is -2.28. The van der Waals surface area contributed by atoms with Crippen LogP contribution < -0.4 is 9.81 Å². The molecule has 0 spiro atoms. The number of rotatable bonds is 9. The molecule has 24 heavy (non-hydrogen) atoms. The van der Waals surface area contributed by atoms with Gasteiger partial charge in [-0.15, -0.1) is 0 Å². The number of hydrogen-bond acceptors (Lipinski definition) is 10. The minimum atomic E-state index is -0.800. The fourth-order valence-corrected chi connectivity index (χ4v) is 2.14. The van der Waals surface area contributed by atoms with E-state index in [9.17, 15) is 30.6 Å². The van der Waals surface area contributed by atoms with E-state index < -0.39 is 21.5 Å². The van der Waals surface area contributed by atoms with Crippen LogP contribution in [0.5, 0.6) is 0 Å². The highest BCUT2D eigenvalue weighted by atomic mass is 16.8. The van der Waals surface area contributed by atoms with Crippen LogP contribution in [0, 0.1) is 30.6 Å². The van der Waals surface area contributed by atoms with Crippen molar-refractivity contribution in [1.82, 2.24) is 10.3 Å². The second-order valence-corrected chi connectivity index (χ2v) is 4.83. The number of hydrogen-bond donors (Lipinski definition) is 0. The van der Waals surface area contributed by atoms with Crippen molar-refractivity contribution in [2.45, 2.75) is 38.5 Å². The number of aromatic nitrogens is 4. The monoisotopic (exact) mass is 344 g/mol. The fourth-order valence-electron chi connectivity index (χ4n) is 2.14. The van der Waals surface area contributed by atoms with Crippen molar-refractivity contribution >= 4 is 11.6 Å². The zero-order valence-corrected chi connectivity index (χ0v) is 12.2. The Morgan fingerprint density at radius 2 is 1.17 bits per heavy atom. The Morgan fingerprint density at radius 1 is 0.792 bits per heavy atom. The van der Waals surface area contributed by atoms with E-state index in [0.717, 1.165) is 0 Å². The summed E-state index contributed by atoms with van der Waals surface area (Å²) in [5, 5.41) is 49.9. The summed E-state index contributed by atoms with van der Waals surface area (Å²) in [5.41, 5.74) is -0.320. The van der Waals surface area contributed by atoms with Crippen molar-refractivity contribution in [3.8, 4) is 0 Å². The number of nitro groups is 2. The van der Waals surface area contributed by atoms with E-state index in [-0.39, 0.29) is 34.0 Å². The predicted molar refractivity (Wildman–Crippen MR) is 70.1 cm³/mol. The molecule has 0 amide bonds. The van der Waals surface area contributed by atoms with Crippen LogP contribution >= 0.6 is 0 Å². The Hall–Kier alpha value is -3.32. The average Bonchev–Trinajstić information content (AvgIpc) is 3.06. The van der Waals surface area contributed by atoms with E-state index in [1.165, 1.54) is 0 Å². The molecule has 130 valence electrons. The third kappa shape index (κ3) is 3.71. The molecule has 0 N–H and O–H groups in total. The van der Waals surface area contributed by atoms with Crippen LogP contribution in [0.2, 0.25) is 0 Å². The van der Waals surface area contributed by atoms with Crippen molar-refractivity contribution in [2.24, 2.45) is 0 Å². The topological polar surface area (TPSA) is 192 Å². The summed E-state index contributed by atoms with van der Waals surface area (Å²) in [6.45, 7) is 0. The Kier molecular flexibility index (Phi) is 5.18. The standard InChI is InChI=1S/C10H12N6O8/c17-13(18)9-7(15(21)23-11-9)5-3-1-2-4-6-8-10(14(19)20)12-24-16(8)22/h1-6H2. The Morgan fingerprint density at radius 3 is 1.50 bits per heavy atom. The molecule has 2 aromatic rings. The van der Waals surface area contributed by atoms with Gasteiger partial charge in [0, 0.05) is 12.8 Å². The molecule has 0 radical (unpaired) electrons. The SMILES string of the molecule is O=[N+]([O-])c1no[n+]([O-])c1CCCCCCc1c([N+](=O)[O-])no[n+]1[O-]. The molecule has 14 nitrogen and oxygen atoms in total. The van der Waals surface area contributed by atoms with Crippen LogP contribution in [0.15, 0.2) is 9.26 Å². The molecule has 0 atom stereocenters. The van der Waals surface area contributed by atoms with Gasteiger partial charge >= 0.3 is 11.6 Å².